The Morgan fingerprint density at radius 2 is 1.91 bits per heavy atom. The zero-order valence-corrected chi connectivity index (χ0v) is 19.8. The molecule has 5 rings (SSSR count). The maximum absolute atomic E-state index is 11.8. The van der Waals surface area contributed by atoms with Gasteiger partial charge in [0.15, 0.2) is 0 Å². The van der Waals surface area contributed by atoms with Crippen molar-refractivity contribution in [2.45, 2.75) is 12.6 Å². The number of anilines is 1. The van der Waals surface area contributed by atoms with Crippen LogP contribution in [0.5, 0.6) is 5.88 Å². The van der Waals surface area contributed by atoms with Crippen LogP contribution in [0.15, 0.2) is 55.1 Å². The lowest BCUT2D eigenvalue weighted by Crippen LogP contribution is -2.48. The highest BCUT2D eigenvalue weighted by molar-refractivity contribution is 7.88. The van der Waals surface area contributed by atoms with Crippen LogP contribution in [0.1, 0.15) is 6.42 Å². The monoisotopic (exact) mass is 484 g/mol. The number of aliphatic hydroxyl groups excluding tert-OH is 1. The van der Waals surface area contributed by atoms with Crippen LogP contribution < -0.4 is 15.0 Å². The van der Waals surface area contributed by atoms with Gasteiger partial charge in [0, 0.05) is 49.9 Å². The van der Waals surface area contributed by atoms with E-state index in [-0.39, 0.29) is 5.92 Å². The van der Waals surface area contributed by atoms with Crippen molar-refractivity contribution in [3.63, 3.8) is 0 Å². The van der Waals surface area contributed by atoms with Crippen LogP contribution in [0.4, 0.5) is 5.69 Å². The first-order valence-corrected chi connectivity index (χ1v) is 13.1. The van der Waals surface area contributed by atoms with E-state index in [1.165, 1.54) is 10.6 Å². The van der Waals surface area contributed by atoms with Crippen molar-refractivity contribution in [1.29, 1.82) is 0 Å². The molecule has 3 aromatic rings. The average molecular weight is 485 g/mol. The average Bonchev–Trinajstić information content (AvgIpc) is 3.48. The molecule has 0 aliphatic carbocycles. The zero-order valence-electron chi connectivity index (χ0n) is 19.0. The predicted octanol–water partition coefficient (Wildman–Crippen LogP) is 1.30. The minimum Gasteiger partial charge on any atom is -0.442 e. The summed E-state index contributed by atoms with van der Waals surface area (Å²) in [7, 11) is -3.15. The number of aromatic nitrogens is 3. The van der Waals surface area contributed by atoms with Crippen molar-refractivity contribution in [3.05, 3.63) is 55.1 Å². The molecule has 2 aliphatic rings. The third-order valence-electron chi connectivity index (χ3n) is 6.38. The van der Waals surface area contributed by atoms with Crippen LogP contribution in [0, 0.1) is 5.92 Å². The van der Waals surface area contributed by atoms with Gasteiger partial charge in [-0.2, -0.15) is 9.40 Å². The number of fused-ring (bicyclic) bond motifs is 1. The molecule has 10 nitrogen and oxygen atoms in total. The molecule has 180 valence electrons. The van der Waals surface area contributed by atoms with E-state index in [2.05, 4.69) is 21.9 Å². The number of nitrogens with one attached hydrogen (secondary N) is 1. The van der Waals surface area contributed by atoms with Gasteiger partial charge in [0.25, 0.3) is 0 Å². The summed E-state index contributed by atoms with van der Waals surface area (Å²) in [4.78, 5) is 6.92. The molecule has 0 bridgehead atoms. The molecule has 4 heterocycles. The summed E-state index contributed by atoms with van der Waals surface area (Å²) in [6.45, 7) is 6.92. The van der Waals surface area contributed by atoms with E-state index in [1.807, 2.05) is 36.5 Å². The lowest BCUT2D eigenvalue weighted by Gasteiger charge is -2.34. The number of aliphatic hydroxyl groups is 1. The summed E-state index contributed by atoms with van der Waals surface area (Å²) < 4.78 is 32.8. The van der Waals surface area contributed by atoms with Crippen LogP contribution in [0.3, 0.4) is 0 Å². The first-order chi connectivity index (χ1) is 16.3. The molecule has 1 aromatic carbocycles. The normalized spacial score (nSPS) is 21.8. The molecule has 2 saturated heterocycles. The molecule has 34 heavy (non-hydrogen) atoms. The molecule has 2 atom stereocenters. The number of benzene rings is 1. The van der Waals surface area contributed by atoms with Gasteiger partial charge in [-0.25, -0.2) is 17.9 Å². The Hall–Kier alpha value is -2.99. The van der Waals surface area contributed by atoms with Crippen LogP contribution in [-0.2, 0) is 10.0 Å². The van der Waals surface area contributed by atoms with E-state index in [1.54, 1.807) is 10.7 Å². The molecule has 2 N–H and O–H groups in total. The first-order valence-electron chi connectivity index (χ1n) is 11.2. The van der Waals surface area contributed by atoms with Gasteiger partial charge in [0.05, 0.1) is 24.3 Å². The van der Waals surface area contributed by atoms with Crippen molar-refractivity contribution in [2.24, 2.45) is 5.92 Å². The molecule has 2 fully saturated rings. The lowest BCUT2D eigenvalue weighted by atomic mass is 10.1. The Bertz CT molecular complexity index is 1300. The predicted molar refractivity (Wildman–Crippen MR) is 129 cm³/mol. The molecule has 0 radical (unpaired) electrons. The largest absolute Gasteiger partial charge is 0.442 e. The Morgan fingerprint density at radius 1 is 1.18 bits per heavy atom. The maximum atomic E-state index is 11.8. The molecular formula is C23H28N6O4S. The number of rotatable bonds is 6. The number of nitrogens with zero attached hydrogens (tertiary/aromatic N) is 5. The molecule has 1 unspecified atom stereocenters. The highest BCUT2D eigenvalue weighted by Crippen LogP contribution is 2.29. The number of ether oxygens (including phenoxy) is 1. The smallest absolute Gasteiger partial charge is 0.245 e. The van der Waals surface area contributed by atoms with Gasteiger partial charge in [-0.15, -0.1) is 0 Å². The summed E-state index contributed by atoms with van der Waals surface area (Å²) in [6, 6.07) is 9.86. The highest BCUT2D eigenvalue weighted by atomic mass is 32.2. The van der Waals surface area contributed by atoms with E-state index >= 15 is 0 Å². The summed E-state index contributed by atoms with van der Waals surface area (Å²) in [5.41, 5.74) is 3.38. The quantitative estimate of drug-likeness (QED) is 0.504. The van der Waals surface area contributed by atoms with Crippen molar-refractivity contribution in [1.82, 2.24) is 24.2 Å². The fraction of sp³-hybridized carbons (Fsp3) is 0.391. The van der Waals surface area contributed by atoms with Crippen molar-refractivity contribution >= 4 is 21.2 Å². The first kappa shape index (κ1) is 22.8. The van der Waals surface area contributed by atoms with Gasteiger partial charge in [0.2, 0.25) is 15.9 Å². The van der Waals surface area contributed by atoms with Gasteiger partial charge >= 0.3 is 0 Å². The van der Waals surface area contributed by atoms with E-state index in [0.29, 0.717) is 56.5 Å². The zero-order chi connectivity index (χ0) is 23.9. The van der Waals surface area contributed by atoms with Crippen molar-refractivity contribution in [3.8, 4) is 17.1 Å². The van der Waals surface area contributed by atoms with Gasteiger partial charge in [-0.05, 0) is 24.6 Å². The number of hydrogen-bond acceptors (Lipinski definition) is 8. The second-order valence-corrected chi connectivity index (χ2v) is 10.7. The number of sulfonamides is 1. The second-order valence-electron chi connectivity index (χ2n) is 8.71. The molecule has 2 aliphatic heterocycles. The summed E-state index contributed by atoms with van der Waals surface area (Å²) >= 11 is 0. The fourth-order valence-corrected chi connectivity index (χ4v) is 5.23. The lowest BCUT2D eigenvalue weighted by molar-refractivity contribution is 0.155. The number of piperazine rings is 1. The topological polar surface area (TPSA) is 112 Å². The van der Waals surface area contributed by atoms with Gasteiger partial charge in [-0.1, -0.05) is 18.7 Å². The number of hydrogen-bond donors (Lipinski definition) is 2. The summed E-state index contributed by atoms with van der Waals surface area (Å²) in [5.74, 6) is 0.980. The fourth-order valence-electron chi connectivity index (χ4n) is 4.40. The third-order valence-corrected chi connectivity index (χ3v) is 7.69. The van der Waals surface area contributed by atoms with Crippen LogP contribution in [0.2, 0.25) is 0 Å². The van der Waals surface area contributed by atoms with Crippen molar-refractivity contribution < 1.29 is 18.3 Å². The van der Waals surface area contributed by atoms with Gasteiger partial charge in [-0.3, -0.25) is 5.32 Å². The Morgan fingerprint density at radius 3 is 2.56 bits per heavy atom. The molecular weight excluding hydrogens is 456 g/mol. The molecule has 0 spiro atoms. The van der Waals surface area contributed by atoms with Crippen molar-refractivity contribution in [2.75, 3.05) is 43.9 Å². The molecule has 11 heteroatoms. The van der Waals surface area contributed by atoms with Crippen LogP contribution in [0.25, 0.3) is 16.8 Å². The molecule has 0 saturated carbocycles. The van der Waals surface area contributed by atoms with E-state index in [0.717, 1.165) is 16.8 Å². The van der Waals surface area contributed by atoms with Crippen LogP contribution >= 0.6 is 0 Å². The maximum Gasteiger partial charge on any atom is 0.245 e. The molecule has 2 aromatic heterocycles. The second kappa shape index (κ2) is 8.99. The van der Waals surface area contributed by atoms with E-state index < -0.39 is 16.3 Å². The summed E-state index contributed by atoms with van der Waals surface area (Å²) in [5, 5.41) is 17.1. The standard InChI is InChI=1S/C23H28N6O4S/c1-16(18-13-22(30)24-14-18)33-23-21-7-8-25-29(21)15-20(26-23)17-3-5-19(6-4-17)27-9-11-28(12-10-27)34(2,31)32/h3-8,15,18,22,24,30H,1,9-14H2,2H3/t18-,22?/m1/s1. The SMILES string of the molecule is C=C(Oc1nc(-c2ccc(N3CCN(S(C)(=O)=O)CC3)cc2)cn2nccc12)[C@H]1CNC(O)C1. The Balaban J connectivity index is 1.35. The minimum absolute atomic E-state index is 0.00544. The third kappa shape index (κ3) is 4.64. The Kier molecular flexibility index (Phi) is 6.02. The van der Waals surface area contributed by atoms with Gasteiger partial charge in [0.1, 0.15) is 17.5 Å². The highest BCUT2D eigenvalue weighted by Gasteiger charge is 2.27. The minimum atomic E-state index is -3.15. The van der Waals surface area contributed by atoms with Gasteiger partial charge < -0.3 is 14.7 Å². The van der Waals surface area contributed by atoms with E-state index in [9.17, 15) is 13.5 Å². The van der Waals surface area contributed by atoms with Crippen LogP contribution in [-0.4, -0.2) is 77.6 Å². The van der Waals surface area contributed by atoms with E-state index in [4.69, 9.17) is 9.72 Å². The molecule has 0 amide bonds. The Labute approximate surface area is 198 Å². The summed E-state index contributed by atoms with van der Waals surface area (Å²) in [6.07, 6.45) is 4.80.